The predicted octanol–water partition coefficient (Wildman–Crippen LogP) is 11.2. The third-order valence-corrected chi connectivity index (χ3v) is 21.5. The van der Waals surface area contributed by atoms with Crippen molar-refractivity contribution in [1.29, 1.82) is 0 Å². The van der Waals surface area contributed by atoms with Gasteiger partial charge in [-0.05, 0) is 124 Å². The van der Waals surface area contributed by atoms with Gasteiger partial charge in [-0.25, -0.2) is 4.79 Å². The Hall–Kier alpha value is -1.26. The molecule has 0 bridgehead atoms. The Labute approximate surface area is 291 Å². The minimum atomic E-state index is -2.01. The zero-order chi connectivity index (χ0) is 35.8. The molecule has 0 unspecified atom stereocenters. The van der Waals surface area contributed by atoms with Crippen molar-refractivity contribution in [2.24, 2.45) is 11.3 Å². The van der Waals surface area contributed by atoms with Crippen LogP contribution >= 0.6 is 0 Å². The smallest absolute Gasteiger partial charge is 0.332 e. The van der Waals surface area contributed by atoms with Crippen molar-refractivity contribution in [3.63, 3.8) is 0 Å². The van der Waals surface area contributed by atoms with E-state index in [9.17, 15) is 4.79 Å². The highest BCUT2D eigenvalue weighted by molar-refractivity contribution is 6.74. The largest absolute Gasteiger partial charge is 0.458 e. The normalized spacial score (nSPS) is 28.8. The molecule has 2 fully saturated rings. The monoisotopic (exact) mass is 686 g/mol. The topological polar surface area (TPSA) is 54.0 Å². The lowest BCUT2D eigenvalue weighted by molar-refractivity contribution is -0.163. The highest BCUT2D eigenvalue weighted by Gasteiger charge is 2.47. The standard InChI is InChI=1S/C40H70O5Si2/c1-17-39(10,11)43-36(41)27-42-29(3)33-22-23-34-30(19-18-24-40(33,34)12)20-21-31-25-32(44-46(13,14)37(4,5)6)26-35(28(31)2)45-47(15,16)38(7,8)9/h20-22,29,32,34-35H,2,17-19,23-27H2,1,3-16H3/t29-,32+,34-,35-,40+/m0/s1. The zero-order valence-electron chi connectivity index (χ0n) is 32.9. The van der Waals surface area contributed by atoms with Crippen molar-refractivity contribution in [3.8, 4) is 0 Å². The van der Waals surface area contributed by atoms with E-state index < -0.39 is 22.2 Å². The third-order valence-electron chi connectivity index (χ3n) is 12.5. The number of carbonyl (C=O) groups excluding carboxylic acids is 1. The molecule has 268 valence electrons. The summed E-state index contributed by atoms with van der Waals surface area (Å²) in [6.07, 6.45) is 14.1. The molecule has 0 aromatic carbocycles. The molecule has 5 atom stereocenters. The molecule has 0 radical (unpaired) electrons. The molecule has 3 rings (SSSR count). The molecule has 2 saturated carbocycles. The van der Waals surface area contributed by atoms with Crippen LogP contribution in [0.5, 0.6) is 0 Å². The quantitative estimate of drug-likeness (QED) is 0.123. The molecule has 7 heteroatoms. The van der Waals surface area contributed by atoms with Gasteiger partial charge in [0.05, 0.1) is 18.3 Å². The van der Waals surface area contributed by atoms with Gasteiger partial charge in [0.1, 0.15) is 12.2 Å². The molecule has 47 heavy (non-hydrogen) atoms. The Morgan fingerprint density at radius 2 is 1.62 bits per heavy atom. The molecule has 0 aliphatic heterocycles. The molecule has 0 aromatic heterocycles. The molecule has 0 N–H and O–H groups in total. The van der Waals surface area contributed by atoms with E-state index >= 15 is 0 Å². The van der Waals surface area contributed by atoms with Gasteiger partial charge in [-0.2, -0.15) is 0 Å². The van der Waals surface area contributed by atoms with Crippen molar-refractivity contribution in [3.05, 3.63) is 47.1 Å². The first-order chi connectivity index (χ1) is 21.3. The Morgan fingerprint density at radius 1 is 1.02 bits per heavy atom. The number of rotatable bonds is 11. The summed E-state index contributed by atoms with van der Waals surface area (Å²) in [6.45, 7) is 38.3. The number of fused-ring (bicyclic) bond motifs is 1. The van der Waals surface area contributed by atoms with Crippen LogP contribution in [-0.4, -0.2) is 53.1 Å². The second kappa shape index (κ2) is 14.5. The van der Waals surface area contributed by atoms with Gasteiger partial charge >= 0.3 is 5.97 Å². The van der Waals surface area contributed by atoms with Crippen molar-refractivity contribution >= 4 is 22.6 Å². The first-order valence-corrected chi connectivity index (χ1v) is 24.1. The van der Waals surface area contributed by atoms with Crippen LogP contribution in [0, 0.1) is 11.3 Å². The Balaban J connectivity index is 1.84. The summed E-state index contributed by atoms with van der Waals surface area (Å²) in [5.41, 5.74) is 4.81. The van der Waals surface area contributed by atoms with E-state index in [4.69, 9.17) is 18.3 Å². The first-order valence-electron chi connectivity index (χ1n) is 18.3. The van der Waals surface area contributed by atoms with Gasteiger partial charge in [-0.3, -0.25) is 0 Å². The summed E-state index contributed by atoms with van der Waals surface area (Å²) >= 11 is 0. The molecule has 0 amide bonds. The van der Waals surface area contributed by atoms with Gasteiger partial charge in [0.25, 0.3) is 0 Å². The average molecular weight is 687 g/mol. The minimum Gasteiger partial charge on any atom is -0.458 e. The molecule has 0 aromatic rings. The fourth-order valence-corrected chi connectivity index (χ4v) is 9.61. The fourth-order valence-electron chi connectivity index (χ4n) is 6.94. The van der Waals surface area contributed by atoms with Crippen LogP contribution in [0.15, 0.2) is 47.1 Å². The highest BCUT2D eigenvalue weighted by Crippen LogP contribution is 2.56. The lowest BCUT2D eigenvalue weighted by Gasteiger charge is -2.45. The summed E-state index contributed by atoms with van der Waals surface area (Å²) < 4.78 is 25.9. The second-order valence-corrected chi connectivity index (χ2v) is 28.0. The van der Waals surface area contributed by atoms with Crippen molar-refractivity contribution < 1.29 is 23.1 Å². The summed E-state index contributed by atoms with van der Waals surface area (Å²) in [5.74, 6) is 0.148. The van der Waals surface area contributed by atoms with Gasteiger partial charge in [-0.15, -0.1) is 0 Å². The van der Waals surface area contributed by atoms with E-state index in [1.54, 1.807) is 0 Å². The number of esters is 1. The van der Waals surface area contributed by atoms with E-state index in [1.165, 1.54) is 16.7 Å². The van der Waals surface area contributed by atoms with E-state index in [0.717, 1.165) is 50.5 Å². The number of carbonyl (C=O) groups is 1. The summed E-state index contributed by atoms with van der Waals surface area (Å²) in [5, 5.41) is 0.273. The van der Waals surface area contributed by atoms with E-state index in [0.29, 0.717) is 5.92 Å². The van der Waals surface area contributed by atoms with E-state index in [2.05, 4.69) is 106 Å². The van der Waals surface area contributed by atoms with Crippen LogP contribution in [0.3, 0.4) is 0 Å². The average Bonchev–Trinajstić information content (AvgIpc) is 3.28. The van der Waals surface area contributed by atoms with Crippen LogP contribution in [-0.2, 0) is 23.1 Å². The maximum absolute atomic E-state index is 12.5. The maximum atomic E-state index is 12.5. The SMILES string of the molecule is C=C1C(=CC=C2CCC[C@]3(C)C([C@H](C)OCC(=O)OC(C)(C)CC)=CC[C@@H]23)C[C@@H](O[Si](C)(C)C(C)(C)C)C[C@@H]1O[Si](C)(C)C(C)(C)C. The summed E-state index contributed by atoms with van der Waals surface area (Å²) in [4.78, 5) is 12.5. The van der Waals surface area contributed by atoms with Gasteiger partial charge in [-0.1, -0.05) is 85.8 Å². The molecule has 3 aliphatic rings. The van der Waals surface area contributed by atoms with Crippen LogP contribution in [0.2, 0.25) is 36.3 Å². The molecular formula is C40H70O5Si2. The number of hydrogen-bond acceptors (Lipinski definition) is 5. The van der Waals surface area contributed by atoms with Crippen LogP contribution < -0.4 is 0 Å². The summed E-state index contributed by atoms with van der Waals surface area (Å²) in [6, 6.07) is 0. The molecule has 0 heterocycles. The maximum Gasteiger partial charge on any atom is 0.332 e. The van der Waals surface area contributed by atoms with E-state index in [-0.39, 0.29) is 46.4 Å². The lowest BCUT2D eigenvalue weighted by Crippen LogP contribution is -2.49. The van der Waals surface area contributed by atoms with Crippen LogP contribution in [0.25, 0.3) is 0 Å². The molecular weight excluding hydrogens is 617 g/mol. The van der Waals surface area contributed by atoms with Crippen LogP contribution in [0.4, 0.5) is 0 Å². The fraction of sp³-hybridized carbons (Fsp3) is 0.775. The van der Waals surface area contributed by atoms with Gasteiger partial charge in [0.15, 0.2) is 16.6 Å². The molecule has 5 nitrogen and oxygen atoms in total. The summed E-state index contributed by atoms with van der Waals surface area (Å²) in [7, 11) is -3.98. The van der Waals surface area contributed by atoms with Gasteiger partial charge in [0.2, 0.25) is 0 Å². The Morgan fingerprint density at radius 3 is 2.19 bits per heavy atom. The Kier molecular flexibility index (Phi) is 12.4. The second-order valence-electron chi connectivity index (χ2n) is 18.5. The number of ether oxygens (including phenoxy) is 2. The van der Waals surface area contributed by atoms with E-state index in [1.807, 2.05) is 20.8 Å². The molecule has 3 aliphatic carbocycles. The Bertz CT molecular complexity index is 1240. The number of hydrogen-bond donors (Lipinski definition) is 0. The van der Waals surface area contributed by atoms with Crippen molar-refractivity contribution in [2.75, 3.05) is 6.61 Å². The van der Waals surface area contributed by atoms with Crippen LogP contribution in [0.1, 0.15) is 121 Å². The van der Waals surface area contributed by atoms with Gasteiger partial charge < -0.3 is 18.3 Å². The number of allylic oxidation sites excluding steroid dienone is 4. The first kappa shape index (κ1) is 40.2. The zero-order valence-corrected chi connectivity index (χ0v) is 34.9. The predicted molar refractivity (Wildman–Crippen MR) is 203 cm³/mol. The third kappa shape index (κ3) is 9.50. The minimum absolute atomic E-state index is 0.0180. The molecule has 0 saturated heterocycles. The highest BCUT2D eigenvalue weighted by atomic mass is 28.4. The van der Waals surface area contributed by atoms with Gasteiger partial charge in [0, 0.05) is 6.42 Å². The molecule has 0 spiro atoms. The lowest BCUT2D eigenvalue weighted by atomic mass is 9.63. The van der Waals surface area contributed by atoms with Crippen molar-refractivity contribution in [2.45, 2.75) is 181 Å². The van der Waals surface area contributed by atoms with Crippen molar-refractivity contribution in [1.82, 2.24) is 0 Å².